The fourth-order valence-electron chi connectivity index (χ4n) is 1.92. The number of likely N-dealkylation sites (N-methyl/N-ethyl adjacent to an activating group) is 1. The maximum atomic E-state index is 11.7. The van der Waals surface area contributed by atoms with Crippen molar-refractivity contribution in [2.24, 2.45) is 0 Å². The number of hydrogen-bond acceptors (Lipinski definition) is 3. The van der Waals surface area contributed by atoms with Crippen molar-refractivity contribution >= 4 is 12.0 Å². The lowest BCUT2D eigenvalue weighted by Gasteiger charge is -2.26. The van der Waals surface area contributed by atoms with E-state index in [0.29, 0.717) is 6.54 Å². The van der Waals surface area contributed by atoms with Crippen LogP contribution in [0.3, 0.4) is 0 Å². The van der Waals surface area contributed by atoms with Crippen LogP contribution in [0.2, 0.25) is 0 Å². The Bertz CT molecular complexity index is 462. The van der Waals surface area contributed by atoms with Crippen LogP contribution in [0.15, 0.2) is 30.3 Å². The summed E-state index contributed by atoms with van der Waals surface area (Å²) in [5, 5.41) is 12.8. The molecule has 0 aromatic heterocycles. The molecule has 0 radical (unpaired) electrons. The SMILES string of the molecule is Cc1ccc(/C=C/C(=O)NCC(C)(O)CN(C)C)cc1. The standard InChI is InChI=1S/C16H24N2O2/c1-13-5-7-14(8-6-13)9-10-15(19)17-11-16(2,20)12-18(3)4/h5-10,20H,11-12H2,1-4H3,(H,17,19)/b10-9+. The van der Waals surface area contributed by atoms with E-state index in [2.05, 4.69) is 5.32 Å². The van der Waals surface area contributed by atoms with Gasteiger partial charge in [-0.25, -0.2) is 0 Å². The first kappa shape index (κ1) is 16.4. The third-order valence-corrected chi connectivity index (χ3v) is 2.80. The first-order valence-electron chi connectivity index (χ1n) is 6.68. The van der Waals surface area contributed by atoms with E-state index in [4.69, 9.17) is 0 Å². The molecule has 4 nitrogen and oxygen atoms in total. The van der Waals surface area contributed by atoms with Gasteiger partial charge in [0.05, 0.1) is 5.60 Å². The molecule has 1 atom stereocenters. The van der Waals surface area contributed by atoms with E-state index in [0.717, 1.165) is 5.56 Å². The monoisotopic (exact) mass is 276 g/mol. The Balaban J connectivity index is 2.45. The van der Waals surface area contributed by atoms with Gasteiger partial charge >= 0.3 is 0 Å². The van der Waals surface area contributed by atoms with Gasteiger partial charge in [-0.15, -0.1) is 0 Å². The summed E-state index contributed by atoms with van der Waals surface area (Å²) in [5.74, 6) is -0.204. The fourth-order valence-corrected chi connectivity index (χ4v) is 1.92. The highest BCUT2D eigenvalue weighted by Gasteiger charge is 2.21. The smallest absolute Gasteiger partial charge is 0.244 e. The predicted octanol–water partition coefficient (Wildman–Crippen LogP) is 1.44. The van der Waals surface area contributed by atoms with Gasteiger partial charge in [-0.2, -0.15) is 0 Å². The third-order valence-electron chi connectivity index (χ3n) is 2.80. The number of aryl methyl sites for hydroxylation is 1. The number of amides is 1. The summed E-state index contributed by atoms with van der Waals surface area (Å²) >= 11 is 0. The minimum atomic E-state index is -0.934. The van der Waals surface area contributed by atoms with Crippen molar-refractivity contribution in [1.29, 1.82) is 0 Å². The molecule has 0 fully saturated rings. The molecule has 0 bridgehead atoms. The average Bonchev–Trinajstić information content (AvgIpc) is 2.34. The number of aliphatic hydroxyl groups is 1. The lowest BCUT2D eigenvalue weighted by atomic mass is 10.1. The first-order valence-corrected chi connectivity index (χ1v) is 6.68. The van der Waals surface area contributed by atoms with Crippen molar-refractivity contribution < 1.29 is 9.90 Å². The normalized spacial score (nSPS) is 14.5. The molecule has 0 saturated carbocycles. The van der Waals surface area contributed by atoms with Gasteiger partial charge < -0.3 is 15.3 Å². The second-order valence-corrected chi connectivity index (χ2v) is 5.70. The highest BCUT2D eigenvalue weighted by Crippen LogP contribution is 2.05. The molecule has 1 amide bonds. The Morgan fingerprint density at radius 2 is 1.95 bits per heavy atom. The topological polar surface area (TPSA) is 52.6 Å². The molecule has 0 aliphatic rings. The van der Waals surface area contributed by atoms with Crippen LogP contribution < -0.4 is 5.32 Å². The number of carbonyl (C=O) groups is 1. The largest absolute Gasteiger partial charge is 0.387 e. The number of benzene rings is 1. The average molecular weight is 276 g/mol. The van der Waals surface area contributed by atoms with Gasteiger partial charge in [-0.1, -0.05) is 29.8 Å². The summed E-state index contributed by atoms with van der Waals surface area (Å²) in [6, 6.07) is 7.92. The Labute approximate surface area is 121 Å². The summed E-state index contributed by atoms with van der Waals surface area (Å²) in [6.07, 6.45) is 3.24. The van der Waals surface area contributed by atoms with Gasteiger partial charge in [0, 0.05) is 19.2 Å². The van der Waals surface area contributed by atoms with E-state index < -0.39 is 5.60 Å². The molecule has 0 aliphatic carbocycles. The summed E-state index contributed by atoms with van der Waals surface area (Å²) in [5.41, 5.74) is 1.23. The molecule has 20 heavy (non-hydrogen) atoms. The van der Waals surface area contributed by atoms with E-state index in [1.165, 1.54) is 11.6 Å². The van der Waals surface area contributed by atoms with Crippen molar-refractivity contribution in [3.8, 4) is 0 Å². The first-order chi connectivity index (χ1) is 9.28. The van der Waals surface area contributed by atoms with E-state index in [-0.39, 0.29) is 12.5 Å². The Kier molecular flexibility index (Phi) is 5.92. The molecule has 1 rings (SSSR count). The fraction of sp³-hybridized carbons (Fsp3) is 0.438. The quantitative estimate of drug-likeness (QED) is 0.773. The van der Waals surface area contributed by atoms with Gasteiger partial charge in [-0.05, 0) is 39.6 Å². The number of carbonyl (C=O) groups excluding carboxylic acids is 1. The number of rotatable bonds is 6. The molecule has 2 N–H and O–H groups in total. The summed E-state index contributed by atoms with van der Waals surface area (Å²) < 4.78 is 0. The summed E-state index contributed by atoms with van der Waals surface area (Å²) in [6.45, 7) is 4.45. The molecule has 0 spiro atoms. The summed E-state index contributed by atoms with van der Waals surface area (Å²) in [7, 11) is 3.77. The van der Waals surface area contributed by atoms with Crippen molar-refractivity contribution in [2.45, 2.75) is 19.4 Å². The van der Waals surface area contributed by atoms with Gasteiger partial charge in [0.25, 0.3) is 0 Å². The lowest BCUT2D eigenvalue weighted by Crippen LogP contribution is -2.46. The van der Waals surface area contributed by atoms with Crippen LogP contribution >= 0.6 is 0 Å². The van der Waals surface area contributed by atoms with Crippen molar-refractivity contribution in [1.82, 2.24) is 10.2 Å². The predicted molar refractivity (Wildman–Crippen MR) is 82.4 cm³/mol. The van der Waals surface area contributed by atoms with Crippen LogP contribution in [0.1, 0.15) is 18.1 Å². The highest BCUT2D eigenvalue weighted by molar-refractivity contribution is 5.91. The molecule has 4 heteroatoms. The van der Waals surface area contributed by atoms with Crippen LogP contribution in [-0.4, -0.2) is 48.7 Å². The van der Waals surface area contributed by atoms with Crippen LogP contribution in [0.25, 0.3) is 6.08 Å². The number of nitrogens with zero attached hydrogens (tertiary/aromatic N) is 1. The zero-order chi connectivity index (χ0) is 15.2. The number of hydrogen-bond donors (Lipinski definition) is 2. The van der Waals surface area contributed by atoms with Crippen LogP contribution in [0.4, 0.5) is 0 Å². The van der Waals surface area contributed by atoms with Crippen molar-refractivity contribution in [3.63, 3.8) is 0 Å². The molecule has 1 unspecified atom stereocenters. The van der Waals surface area contributed by atoms with E-state index in [1.54, 1.807) is 13.0 Å². The van der Waals surface area contributed by atoms with Crippen LogP contribution in [0, 0.1) is 6.92 Å². The molecule has 0 aliphatic heterocycles. The van der Waals surface area contributed by atoms with Gasteiger partial charge in [0.15, 0.2) is 0 Å². The second kappa shape index (κ2) is 7.22. The highest BCUT2D eigenvalue weighted by atomic mass is 16.3. The minimum absolute atomic E-state index is 0.204. The molecule has 1 aromatic rings. The second-order valence-electron chi connectivity index (χ2n) is 5.70. The molecular weight excluding hydrogens is 252 g/mol. The molecule has 0 saturated heterocycles. The molecule has 1 aromatic carbocycles. The minimum Gasteiger partial charge on any atom is -0.387 e. The van der Waals surface area contributed by atoms with Crippen molar-refractivity contribution in [2.75, 3.05) is 27.2 Å². The van der Waals surface area contributed by atoms with Crippen LogP contribution in [-0.2, 0) is 4.79 Å². The zero-order valence-corrected chi connectivity index (χ0v) is 12.7. The van der Waals surface area contributed by atoms with Gasteiger partial charge in [0.2, 0.25) is 5.91 Å². The summed E-state index contributed by atoms with van der Waals surface area (Å²) in [4.78, 5) is 13.6. The molecule has 0 heterocycles. The maximum absolute atomic E-state index is 11.7. The molecule has 110 valence electrons. The maximum Gasteiger partial charge on any atom is 0.244 e. The Hall–Kier alpha value is -1.65. The van der Waals surface area contributed by atoms with Crippen molar-refractivity contribution in [3.05, 3.63) is 41.5 Å². The van der Waals surface area contributed by atoms with E-state index in [9.17, 15) is 9.90 Å². The van der Waals surface area contributed by atoms with Crippen LogP contribution in [0.5, 0.6) is 0 Å². The Morgan fingerprint density at radius 1 is 1.35 bits per heavy atom. The van der Waals surface area contributed by atoms with E-state index >= 15 is 0 Å². The van der Waals surface area contributed by atoms with Gasteiger partial charge in [0.1, 0.15) is 0 Å². The van der Waals surface area contributed by atoms with E-state index in [1.807, 2.05) is 50.2 Å². The van der Waals surface area contributed by atoms with Gasteiger partial charge in [-0.3, -0.25) is 4.79 Å². The third kappa shape index (κ3) is 6.50. The lowest BCUT2D eigenvalue weighted by molar-refractivity contribution is -0.117. The number of nitrogens with one attached hydrogen (secondary N) is 1. The zero-order valence-electron chi connectivity index (χ0n) is 12.7. The molecular formula is C16H24N2O2. The Morgan fingerprint density at radius 3 is 2.50 bits per heavy atom.